The third-order valence-corrected chi connectivity index (χ3v) is 3.45. The van der Waals surface area contributed by atoms with Crippen molar-refractivity contribution in [2.75, 3.05) is 5.75 Å². The van der Waals surface area contributed by atoms with Crippen LogP contribution >= 0.6 is 11.8 Å². The molecule has 0 aliphatic carbocycles. The van der Waals surface area contributed by atoms with Crippen molar-refractivity contribution >= 4 is 17.8 Å². The van der Waals surface area contributed by atoms with E-state index in [1.165, 1.54) is 0 Å². The number of hydrogen-bond donors (Lipinski definition) is 0. The SMILES string of the molecule is CC(C)(C)CSC=Cc1ncc(C(C)(C)C)o1. The molecule has 0 spiro atoms. The lowest BCUT2D eigenvalue weighted by atomic mass is 9.94. The highest BCUT2D eigenvalue weighted by Crippen LogP contribution is 2.24. The number of rotatable bonds is 3. The maximum atomic E-state index is 5.67. The fourth-order valence-corrected chi connectivity index (χ4v) is 1.92. The minimum Gasteiger partial charge on any atom is -0.441 e. The van der Waals surface area contributed by atoms with Gasteiger partial charge < -0.3 is 4.42 Å². The lowest BCUT2D eigenvalue weighted by Crippen LogP contribution is -2.09. The number of nitrogens with zero attached hydrogens (tertiary/aromatic N) is 1. The van der Waals surface area contributed by atoms with E-state index in [1.807, 2.05) is 12.3 Å². The molecule has 0 aromatic carbocycles. The first-order chi connectivity index (χ1) is 7.68. The molecule has 17 heavy (non-hydrogen) atoms. The minimum atomic E-state index is 0.0254. The molecule has 0 saturated carbocycles. The molecule has 0 N–H and O–H groups in total. The Morgan fingerprint density at radius 3 is 2.35 bits per heavy atom. The molecule has 0 amide bonds. The summed E-state index contributed by atoms with van der Waals surface area (Å²) in [6, 6.07) is 0. The number of hydrogen-bond acceptors (Lipinski definition) is 3. The quantitative estimate of drug-likeness (QED) is 0.779. The second-order valence-electron chi connectivity index (χ2n) is 6.49. The summed E-state index contributed by atoms with van der Waals surface area (Å²) in [7, 11) is 0. The maximum Gasteiger partial charge on any atom is 0.219 e. The zero-order valence-electron chi connectivity index (χ0n) is 11.7. The summed E-state index contributed by atoms with van der Waals surface area (Å²) < 4.78 is 5.67. The van der Waals surface area contributed by atoms with Gasteiger partial charge >= 0.3 is 0 Å². The molecule has 1 aromatic heterocycles. The van der Waals surface area contributed by atoms with Crippen molar-refractivity contribution in [1.29, 1.82) is 0 Å². The minimum absolute atomic E-state index is 0.0254. The largest absolute Gasteiger partial charge is 0.441 e. The molecule has 1 rings (SSSR count). The molecule has 96 valence electrons. The van der Waals surface area contributed by atoms with Crippen molar-refractivity contribution in [3.8, 4) is 0 Å². The molecule has 0 unspecified atom stereocenters. The van der Waals surface area contributed by atoms with Gasteiger partial charge in [-0.15, -0.1) is 11.8 Å². The molecule has 0 saturated heterocycles. The van der Waals surface area contributed by atoms with Crippen LogP contribution in [0.4, 0.5) is 0 Å². The summed E-state index contributed by atoms with van der Waals surface area (Å²) >= 11 is 1.79. The van der Waals surface area contributed by atoms with Gasteiger partial charge in [-0.25, -0.2) is 4.98 Å². The van der Waals surface area contributed by atoms with E-state index >= 15 is 0 Å². The van der Waals surface area contributed by atoms with Gasteiger partial charge in [0.05, 0.1) is 6.20 Å². The van der Waals surface area contributed by atoms with Crippen molar-refractivity contribution in [2.45, 2.75) is 47.0 Å². The fourth-order valence-electron chi connectivity index (χ4n) is 1.12. The smallest absolute Gasteiger partial charge is 0.219 e. The van der Waals surface area contributed by atoms with Crippen LogP contribution in [-0.4, -0.2) is 10.7 Å². The summed E-state index contributed by atoms with van der Waals surface area (Å²) in [5, 5.41) is 2.06. The normalized spacial score (nSPS) is 13.5. The molecule has 0 radical (unpaired) electrons. The van der Waals surface area contributed by atoms with Gasteiger partial charge in [-0.2, -0.15) is 0 Å². The lowest BCUT2D eigenvalue weighted by molar-refractivity contribution is 0.403. The molecule has 2 nitrogen and oxygen atoms in total. The van der Waals surface area contributed by atoms with Crippen LogP contribution in [0, 0.1) is 5.41 Å². The molecule has 3 heteroatoms. The summed E-state index contributed by atoms with van der Waals surface area (Å²) in [5.74, 6) is 2.71. The van der Waals surface area contributed by atoms with Gasteiger partial charge in [0, 0.05) is 17.2 Å². The van der Waals surface area contributed by atoms with Gasteiger partial charge in [0.1, 0.15) is 5.76 Å². The van der Waals surface area contributed by atoms with Crippen molar-refractivity contribution < 1.29 is 4.42 Å². The Bertz CT molecular complexity index is 380. The standard InChI is InChI=1S/C14H23NOS/c1-13(2,3)10-17-8-7-12-15-9-11(16-12)14(4,5)6/h7-9H,10H2,1-6H3. The van der Waals surface area contributed by atoms with Gasteiger partial charge in [-0.1, -0.05) is 41.5 Å². The molecule has 0 aliphatic rings. The lowest BCUT2D eigenvalue weighted by Gasteiger charge is -2.15. The summed E-state index contributed by atoms with van der Waals surface area (Å²) in [5.41, 5.74) is 0.375. The molecule has 1 aromatic rings. The number of aromatic nitrogens is 1. The third kappa shape index (κ3) is 5.44. The third-order valence-electron chi connectivity index (χ3n) is 2.09. The van der Waals surface area contributed by atoms with E-state index in [0.29, 0.717) is 11.3 Å². The van der Waals surface area contributed by atoms with Crippen LogP contribution < -0.4 is 0 Å². The molecular weight excluding hydrogens is 230 g/mol. The first-order valence-corrected chi connectivity index (χ1v) is 6.98. The van der Waals surface area contributed by atoms with Crippen molar-refractivity contribution in [3.63, 3.8) is 0 Å². The Morgan fingerprint density at radius 2 is 1.88 bits per heavy atom. The number of thioether (sulfide) groups is 1. The highest BCUT2D eigenvalue weighted by molar-refractivity contribution is 8.02. The van der Waals surface area contributed by atoms with Crippen molar-refractivity contribution in [3.05, 3.63) is 23.3 Å². The second kappa shape index (κ2) is 5.30. The zero-order chi connectivity index (χ0) is 13.1. The average molecular weight is 253 g/mol. The van der Waals surface area contributed by atoms with Crippen LogP contribution in [0.5, 0.6) is 0 Å². The first-order valence-electron chi connectivity index (χ1n) is 5.93. The Balaban J connectivity index is 2.53. The highest BCUT2D eigenvalue weighted by Gasteiger charge is 2.18. The predicted octanol–water partition coefficient (Wildman–Crippen LogP) is 4.72. The van der Waals surface area contributed by atoms with E-state index in [2.05, 4.69) is 51.9 Å². The van der Waals surface area contributed by atoms with E-state index in [0.717, 1.165) is 11.5 Å². The molecule has 0 fully saturated rings. The summed E-state index contributed by atoms with van der Waals surface area (Å²) in [4.78, 5) is 4.25. The summed E-state index contributed by atoms with van der Waals surface area (Å²) in [6.07, 6.45) is 3.75. The van der Waals surface area contributed by atoms with Gasteiger partial charge in [0.2, 0.25) is 5.89 Å². The van der Waals surface area contributed by atoms with Crippen molar-refractivity contribution in [1.82, 2.24) is 4.98 Å². The Labute approximate surface area is 109 Å². The van der Waals surface area contributed by atoms with E-state index in [1.54, 1.807) is 11.8 Å². The van der Waals surface area contributed by atoms with Gasteiger partial charge in [-0.05, 0) is 10.8 Å². The summed E-state index contributed by atoms with van der Waals surface area (Å²) in [6.45, 7) is 13.1. The zero-order valence-corrected chi connectivity index (χ0v) is 12.5. The predicted molar refractivity (Wildman–Crippen MR) is 76.2 cm³/mol. The van der Waals surface area contributed by atoms with Gasteiger partial charge in [0.25, 0.3) is 0 Å². The van der Waals surface area contributed by atoms with Crippen LogP contribution in [0.15, 0.2) is 16.0 Å². The van der Waals surface area contributed by atoms with E-state index < -0.39 is 0 Å². The first kappa shape index (κ1) is 14.4. The fraction of sp³-hybridized carbons (Fsp3) is 0.643. The van der Waals surface area contributed by atoms with Crippen LogP contribution in [-0.2, 0) is 5.41 Å². The Morgan fingerprint density at radius 1 is 1.24 bits per heavy atom. The Hall–Kier alpha value is -0.700. The van der Waals surface area contributed by atoms with Gasteiger partial charge in [0.15, 0.2) is 0 Å². The topological polar surface area (TPSA) is 26.0 Å². The second-order valence-corrected chi connectivity index (χ2v) is 7.38. The molecule has 0 atom stereocenters. The van der Waals surface area contributed by atoms with Crippen LogP contribution in [0.1, 0.15) is 53.2 Å². The van der Waals surface area contributed by atoms with E-state index in [4.69, 9.17) is 4.42 Å². The number of oxazole rings is 1. The highest BCUT2D eigenvalue weighted by atomic mass is 32.2. The molecular formula is C14H23NOS. The van der Waals surface area contributed by atoms with Crippen LogP contribution in [0.25, 0.3) is 6.08 Å². The monoisotopic (exact) mass is 253 g/mol. The van der Waals surface area contributed by atoms with E-state index in [-0.39, 0.29) is 5.41 Å². The van der Waals surface area contributed by atoms with Gasteiger partial charge in [-0.3, -0.25) is 0 Å². The molecule has 1 heterocycles. The average Bonchev–Trinajstić information content (AvgIpc) is 2.58. The van der Waals surface area contributed by atoms with E-state index in [9.17, 15) is 0 Å². The molecule has 0 bridgehead atoms. The molecule has 0 aliphatic heterocycles. The van der Waals surface area contributed by atoms with Crippen molar-refractivity contribution in [2.24, 2.45) is 5.41 Å². The maximum absolute atomic E-state index is 5.67. The Kier molecular flexibility index (Phi) is 4.48. The van der Waals surface area contributed by atoms with Crippen LogP contribution in [0.2, 0.25) is 0 Å². The van der Waals surface area contributed by atoms with Crippen LogP contribution in [0.3, 0.4) is 0 Å².